The van der Waals surface area contributed by atoms with E-state index in [1.807, 2.05) is 23.2 Å². The summed E-state index contributed by atoms with van der Waals surface area (Å²) in [6.07, 6.45) is 6.39. The molecule has 1 aromatic rings. The molecule has 0 spiro atoms. The van der Waals surface area contributed by atoms with Crippen LogP contribution in [0.2, 0.25) is 0 Å². The predicted octanol–water partition coefficient (Wildman–Crippen LogP) is 2.39. The maximum Gasteiger partial charge on any atom is 0.544 e. The maximum absolute atomic E-state index is 11.9. The molecule has 2 heterocycles. The average Bonchev–Trinajstić information content (AvgIpc) is 3.26. The first-order valence-electron chi connectivity index (χ1n) is 10.8. The number of hydrogen-bond acceptors (Lipinski definition) is 9. The lowest BCUT2D eigenvalue weighted by Gasteiger charge is -2.27. The molecule has 10 nitrogen and oxygen atoms in total. The molecular weight excluding hydrogens is 449 g/mol. The highest BCUT2D eigenvalue weighted by Crippen LogP contribution is 2.52. The SMILES string of the molecule is CC(C)OC(=O)CN[P+](O)(OCC1CCC(N2C=CCC(C(N)=O)=C2)O1)Oc1ccccc1. The fourth-order valence-corrected chi connectivity index (χ4v) is 4.64. The summed E-state index contributed by atoms with van der Waals surface area (Å²) in [5, 5.41) is 2.68. The van der Waals surface area contributed by atoms with Crippen LogP contribution < -0.4 is 15.3 Å². The van der Waals surface area contributed by atoms with Gasteiger partial charge in [-0.2, -0.15) is 9.42 Å². The molecule has 2 aliphatic heterocycles. The van der Waals surface area contributed by atoms with E-state index < -0.39 is 20.0 Å². The Balaban J connectivity index is 1.58. The summed E-state index contributed by atoms with van der Waals surface area (Å²) in [6.45, 7) is 3.25. The number of ether oxygens (including phenoxy) is 2. The zero-order valence-electron chi connectivity index (χ0n) is 18.8. The van der Waals surface area contributed by atoms with Gasteiger partial charge in [0.15, 0.2) is 5.75 Å². The summed E-state index contributed by atoms with van der Waals surface area (Å²) in [7, 11) is -3.65. The highest BCUT2D eigenvalue weighted by molar-refractivity contribution is 7.58. The summed E-state index contributed by atoms with van der Waals surface area (Å²) in [5.41, 5.74) is 5.89. The molecule has 3 atom stereocenters. The van der Waals surface area contributed by atoms with Crippen molar-refractivity contribution in [1.82, 2.24) is 9.99 Å². The second kappa shape index (κ2) is 11.6. The summed E-state index contributed by atoms with van der Waals surface area (Å²) in [4.78, 5) is 36.2. The quantitative estimate of drug-likeness (QED) is 0.323. The number of carbonyl (C=O) groups is 2. The van der Waals surface area contributed by atoms with E-state index in [0.717, 1.165) is 0 Å². The zero-order chi connectivity index (χ0) is 23.8. The van der Waals surface area contributed by atoms with Gasteiger partial charge in [-0.15, -0.1) is 0 Å². The number of nitrogens with two attached hydrogens (primary N) is 1. The van der Waals surface area contributed by atoms with E-state index >= 15 is 0 Å². The first-order chi connectivity index (χ1) is 15.7. The molecule has 4 N–H and O–H groups in total. The number of allylic oxidation sites excluding steroid dienone is 1. The zero-order valence-corrected chi connectivity index (χ0v) is 19.6. The Morgan fingerprint density at radius 1 is 1.30 bits per heavy atom. The molecule has 0 bridgehead atoms. The standard InChI is InChI=1S/C22H30N3O7P/c1-16(2)30-21(26)13-24-33(28,32-18-8-4-3-5-9-18)29-15-19-10-11-20(31-19)25-12-6-7-17(14-25)22(23)27/h3-6,8-9,12,14,16,19-20,24,28H,7,10-11,13,15H2,1-2H3,(H-,23,27)/p+1. The third-order valence-corrected chi connectivity index (χ3v) is 6.37. The van der Waals surface area contributed by atoms with Gasteiger partial charge >= 0.3 is 14.1 Å². The lowest BCUT2D eigenvalue weighted by Crippen LogP contribution is -2.32. The molecule has 33 heavy (non-hydrogen) atoms. The highest BCUT2D eigenvalue weighted by atomic mass is 31.2. The minimum atomic E-state index is -3.65. The third kappa shape index (κ3) is 7.80. The number of hydrogen-bond donors (Lipinski definition) is 3. The van der Waals surface area contributed by atoms with Gasteiger partial charge in [-0.3, -0.25) is 14.1 Å². The van der Waals surface area contributed by atoms with Crippen LogP contribution in [0.4, 0.5) is 0 Å². The number of nitrogens with one attached hydrogen (secondary N) is 1. The summed E-state index contributed by atoms with van der Waals surface area (Å²) in [6, 6.07) is 8.69. The van der Waals surface area contributed by atoms with Crippen LogP contribution in [-0.4, -0.2) is 53.3 Å². The molecule has 0 aromatic heterocycles. The minimum Gasteiger partial charge on any atom is -0.462 e. The maximum atomic E-state index is 11.9. The van der Waals surface area contributed by atoms with Crippen molar-refractivity contribution >= 4 is 20.0 Å². The molecule has 11 heteroatoms. The second-order valence-corrected chi connectivity index (χ2v) is 9.74. The molecular formula is C22H31N3O7P+. The number of esters is 1. The Bertz CT molecular complexity index is 880. The van der Waals surface area contributed by atoms with Crippen molar-refractivity contribution < 1.29 is 33.0 Å². The number of nitrogens with zero attached hydrogens (tertiary/aromatic N) is 1. The van der Waals surface area contributed by atoms with Gasteiger partial charge < -0.3 is 20.1 Å². The Kier molecular flexibility index (Phi) is 8.82. The third-order valence-electron chi connectivity index (χ3n) is 4.85. The average molecular weight is 480 g/mol. The molecule has 1 fully saturated rings. The first kappa shape index (κ1) is 25.1. The molecule has 180 valence electrons. The van der Waals surface area contributed by atoms with E-state index in [1.165, 1.54) is 0 Å². The van der Waals surface area contributed by atoms with E-state index in [4.69, 9.17) is 24.3 Å². The summed E-state index contributed by atoms with van der Waals surface area (Å²) < 4.78 is 22.6. The van der Waals surface area contributed by atoms with Crippen molar-refractivity contribution in [3.63, 3.8) is 0 Å². The van der Waals surface area contributed by atoms with Crippen LogP contribution in [0.15, 0.2) is 54.4 Å². The molecule has 1 amide bonds. The predicted molar refractivity (Wildman–Crippen MR) is 122 cm³/mol. The van der Waals surface area contributed by atoms with E-state index in [2.05, 4.69) is 5.09 Å². The Morgan fingerprint density at radius 3 is 2.76 bits per heavy atom. The van der Waals surface area contributed by atoms with Gasteiger partial charge in [0.2, 0.25) is 5.91 Å². The minimum absolute atomic E-state index is 0.0454. The van der Waals surface area contributed by atoms with Crippen LogP contribution in [-0.2, 0) is 23.6 Å². The van der Waals surface area contributed by atoms with Crippen molar-refractivity contribution in [2.75, 3.05) is 13.2 Å². The first-order valence-corrected chi connectivity index (χ1v) is 12.4. The number of rotatable bonds is 11. The number of para-hydroxylation sites is 1. The molecule has 1 aromatic carbocycles. The Labute approximate surface area is 194 Å². The van der Waals surface area contributed by atoms with Crippen molar-refractivity contribution in [2.24, 2.45) is 5.73 Å². The fraction of sp³-hybridized carbons (Fsp3) is 0.455. The highest BCUT2D eigenvalue weighted by Gasteiger charge is 2.46. The number of amides is 1. The Hall–Kier alpha value is -2.49. The van der Waals surface area contributed by atoms with E-state index in [0.29, 0.717) is 30.6 Å². The number of benzene rings is 1. The normalized spacial score (nSPS) is 22.1. The fourth-order valence-electron chi connectivity index (χ4n) is 3.33. The van der Waals surface area contributed by atoms with Gasteiger partial charge in [-0.05, 0) is 45.2 Å². The molecule has 1 saturated heterocycles. The van der Waals surface area contributed by atoms with Gasteiger partial charge in [0.1, 0.15) is 19.4 Å². The molecule has 3 unspecified atom stereocenters. The van der Waals surface area contributed by atoms with Gasteiger partial charge in [0, 0.05) is 18.0 Å². The summed E-state index contributed by atoms with van der Waals surface area (Å²) in [5.74, 6) is -0.599. The number of carbonyl (C=O) groups excluding carboxylic acids is 2. The molecule has 0 aliphatic carbocycles. The lowest BCUT2D eigenvalue weighted by molar-refractivity contribution is -0.146. The van der Waals surface area contributed by atoms with Crippen LogP contribution in [0, 0.1) is 0 Å². The van der Waals surface area contributed by atoms with Crippen LogP contribution >= 0.6 is 8.09 Å². The van der Waals surface area contributed by atoms with Crippen molar-refractivity contribution in [3.05, 3.63) is 54.4 Å². The Morgan fingerprint density at radius 2 is 2.06 bits per heavy atom. The second-order valence-electron chi connectivity index (χ2n) is 7.94. The molecule has 2 aliphatic rings. The summed E-state index contributed by atoms with van der Waals surface area (Å²) >= 11 is 0. The van der Waals surface area contributed by atoms with Crippen molar-refractivity contribution in [2.45, 2.75) is 51.5 Å². The van der Waals surface area contributed by atoms with Crippen molar-refractivity contribution in [1.29, 1.82) is 0 Å². The van der Waals surface area contributed by atoms with Crippen LogP contribution in [0.1, 0.15) is 33.1 Å². The lowest BCUT2D eigenvalue weighted by atomic mass is 10.1. The smallest absolute Gasteiger partial charge is 0.462 e. The van der Waals surface area contributed by atoms with E-state index in [-0.39, 0.29) is 31.6 Å². The van der Waals surface area contributed by atoms with Crippen LogP contribution in [0.5, 0.6) is 5.75 Å². The van der Waals surface area contributed by atoms with Gasteiger partial charge in [-0.1, -0.05) is 29.4 Å². The largest absolute Gasteiger partial charge is 0.544 e. The van der Waals surface area contributed by atoms with Gasteiger partial charge in [0.05, 0.1) is 12.2 Å². The molecule has 3 rings (SSSR count). The van der Waals surface area contributed by atoms with Crippen molar-refractivity contribution in [3.8, 4) is 5.75 Å². The van der Waals surface area contributed by atoms with Gasteiger partial charge in [0.25, 0.3) is 0 Å². The van der Waals surface area contributed by atoms with E-state index in [9.17, 15) is 14.5 Å². The van der Waals surface area contributed by atoms with Crippen LogP contribution in [0.3, 0.4) is 0 Å². The molecule has 0 radical (unpaired) electrons. The number of primary amides is 1. The topological polar surface area (TPSA) is 133 Å². The monoisotopic (exact) mass is 480 g/mol. The van der Waals surface area contributed by atoms with E-state index in [1.54, 1.807) is 44.3 Å². The van der Waals surface area contributed by atoms with Crippen LogP contribution in [0.25, 0.3) is 0 Å². The molecule has 0 saturated carbocycles. The van der Waals surface area contributed by atoms with Gasteiger partial charge in [-0.25, -0.2) is 0 Å².